The molecule has 2 aromatic carbocycles. The Labute approximate surface area is 225 Å². The molecule has 1 atom stereocenters. The Morgan fingerprint density at radius 2 is 1.57 bits per heavy atom. The number of amides is 2. The van der Waals surface area contributed by atoms with Crippen LogP contribution in [0.2, 0.25) is 0 Å². The molecular weight excluding hydrogens is 494 g/mol. The molecule has 2 aromatic rings. The zero-order chi connectivity index (χ0) is 25.8. The molecule has 0 radical (unpaired) electrons. The third-order valence-corrected chi connectivity index (χ3v) is 7.19. The van der Waals surface area contributed by atoms with Crippen LogP contribution in [0.5, 0.6) is 17.2 Å². The summed E-state index contributed by atoms with van der Waals surface area (Å²) < 4.78 is 16.3. The molecule has 0 N–H and O–H groups in total. The maximum atomic E-state index is 13.0. The van der Waals surface area contributed by atoms with Gasteiger partial charge in [-0.05, 0) is 72.8 Å². The highest BCUT2D eigenvalue weighted by molar-refractivity contribution is 5.85. The third-order valence-electron chi connectivity index (χ3n) is 7.19. The summed E-state index contributed by atoms with van der Waals surface area (Å²) >= 11 is 0. The minimum absolute atomic E-state index is 0. The molecule has 2 aliphatic rings. The van der Waals surface area contributed by atoms with Crippen LogP contribution in [-0.2, 0) is 24.1 Å². The first-order valence-electron chi connectivity index (χ1n) is 12.5. The number of methoxy groups -OCH3 is 2. The number of nitrogens with zero attached hydrogens (tertiary/aromatic N) is 3. The number of likely N-dealkylation sites (N-methyl/N-ethyl adjacent to an activating group) is 1. The molecule has 9 heteroatoms. The molecule has 0 saturated heterocycles. The van der Waals surface area contributed by atoms with Crippen LogP contribution in [0.25, 0.3) is 0 Å². The highest BCUT2D eigenvalue weighted by atomic mass is 35.5. The summed E-state index contributed by atoms with van der Waals surface area (Å²) in [5.74, 6) is 2.63. The summed E-state index contributed by atoms with van der Waals surface area (Å²) in [4.78, 5) is 30.5. The summed E-state index contributed by atoms with van der Waals surface area (Å²) in [5.41, 5.74) is 4.97. The second kappa shape index (κ2) is 12.5. The van der Waals surface area contributed by atoms with Gasteiger partial charge in [0.15, 0.2) is 11.5 Å². The standard InChI is InChI=1S/C28H37N3O5.ClH/c1-29(2)28(33)36-23-7-6-21-14-22(24(21)17-23)18-30(3)11-10-27(32)31-12-8-19-15-25(34-4)26(35-5)16-20(19)9-13-31;/h6-7,15-17,22H,8-14,18H2,1-5H3;1H. The number of carbonyl (C=O) groups is 2. The molecule has 0 spiro atoms. The number of rotatable bonds is 8. The van der Waals surface area contributed by atoms with Crippen LogP contribution in [0.3, 0.4) is 0 Å². The molecule has 4 rings (SSSR count). The first kappa shape index (κ1) is 28.6. The van der Waals surface area contributed by atoms with Crippen molar-refractivity contribution < 1.29 is 23.8 Å². The Morgan fingerprint density at radius 3 is 2.14 bits per heavy atom. The van der Waals surface area contributed by atoms with Gasteiger partial charge in [-0.1, -0.05) is 6.07 Å². The Morgan fingerprint density at radius 1 is 0.946 bits per heavy atom. The number of halogens is 1. The largest absolute Gasteiger partial charge is 0.493 e. The SMILES string of the molecule is COc1cc2c(cc1OC)CCN(C(=O)CCN(C)CC1Cc3ccc(OC(=O)N(C)C)cc31)CC2.Cl. The van der Waals surface area contributed by atoms with Gasteiger partial charge in [-0.25, -0.2) is 4.79 Å². The fourth-order valence-corrected chi connectivity index (χ4v) is 5.01. The number of benzene rings is 2. The van der Waals surface area contributed by atoms with Gasteiger partial charge in [0, 0.05) is 52.6 Å². The van der Waals surface area contributed by atoms with Crippen LogP contribution >= 0.6 is 12.4 Å². The quantitative estimate of drug-likeness (QED) is 0.516. The molecule has 0 aromatic heterocycles. The van der Waals surface area contributed by atoms with Crippen molar-refractivity contribution in [2.75, 3.05) is 61.5 Å². The van der Waals surface area contributed by atoms with Crippen molar-refractivity contribution in [3.63, 3.8) is 0 Å². The molecule has 202 valence electrons. The minimum atomic E-state index is -0.378. The van der Waals surface area contributed by atoms with Gasteiger partial charge in [0.25, 0.3) is 0 Å². The number of ether oxygens (including phenoxy) is 3. The van der Waals surface area contributed by atoms with E-state index < -0.39 is 0 Å². The van der Waals surface area contributed by atoms with Crippen LogP contribution < -0.4 is 14.2 Å². The zero-order valence-electron chi connectivity index (χ0n) is 22.4. The Kier molecular flexibility index (Phi) is 9.68. The summed E-state index contributed by atoms with van der Waals surface area (Å²) in [6.45, 7) is 3.02. The van der Waals surface area contributed by atoms with Crippen molar-refractivity contribution >= 4 is 24.4 Å². The van der Waals surface area contributed by atoms with E-state index in [0.29, 0.717) is 24.6 Å². The molecule has 2 amide bonds. The van der Waals surface area contributed by atoms with E-state index in [0.717, 1.165) is 50.4 Å². The van der Waals surface area contributed by atoms with Crippen LogP contribution in [0.1, 0.15) is 34.6 Å². The van der Waals surface area contributed by atoms with Crippen LogP contribution in [0.4, 0.5) is 4.79 Å². The van der Waals surface area contributed by atoms with E-state index in [4.69, 9.17) is 14.2 Å². The Balaban J connectivity index is 0.00000380. The van der Waals surface area contributed by atoms with E-state index in [2.05, 4.69) is 11.9 Å². The molecule has 0 saturated carbocycles. The minimum Gasteiger partial charge on any atom is -0.493 e. The normalized spacial score (nSPS) is 15.9. The smallest absolute Gasteiger partial charge is 0.414 e. The highest BCUT2D eigenvalue weighted by Crippen LogP contribution is 2.38. The maximum Gasteiger partial charge on any atom is 0.414 e. The van der Waals surface area contributed by atoms with E-state index >= 15 is 0 Å². The Bertz CT molecular complexity index is 1090. The fourth-order valence-electron chi connectivity index (χ4n) is 5.01. The highest BCUT2D eigenvalue weighted by Gasteiger charge is 2.28. The van der Waals surface area contributed by atoms with Gasteiger partial charge in [0.1, 0.15) is 5.75 Å². The van der Waals surface area contributed by atoms with Gasteiger partial charge in [-0.3, -0.25) is 4.79 Å². The molecule has 1 unspecified atom stereocenters. The first-order valence-corrected chi connectivity index (χ1v) is 12.5. The molecule has 0 fully saturated rings. The summed E-state index contributed by atoms with van der Waals surface area (Å²) in [6, 6.07) is 9.95. The lowest BCUT2D eigenvalue weighted by Crippen LogP contribution is -2.37. The molecule has 1 heterocycles. The molecule has 8 nitrogen and oxygen atoms in total. The van der Waals surface area contributed by atoms with E-state index in [-0.39, 0.29) is 24.4 Å². The average molecular weight is 532 g/mol. The van der Waals surface area contributed by atoms with Gasteiger partial charge in [0.2, 0.25) is 5.91 Å². The van der Waals surface area contributed by atoms with E-state index in [9.17, 15) is 9.59 Å². The lowest BCUT2D eigenvalue weighted by Gasteiger charge is -2.34. The van der Waals surface area contributed by atoms with Crippen molar-refractivity contribution in [2.24, 2.45) is 0 Å². The molecule has 0 bridgehead atoms. The topological polar surface area (TPSA) is 71.5 Å². The monoisotopic (exact) mass is 531 g/mol. The van der Waals surface area contributed by atoms with Crippen LogP contribution in [0.15, 0.2) is 30.3 Å². The second-order valence-corrected chi connectivity index (χ2v) is 9.89. The number of hydrogen-bond donors (Lipinski definition) is 0. The van der Waals surface area contributed by atoms with E-state index in [1.807, 2.05) is 35.2 Å². The van der Waals surface area contributed by atoms with Crippen molar-refractivity contribution in [3.8, 4) is 17.2 Å². The summed E-state index contributed by atoms with van der Waals surface area (Å²) in [5, 5.41) is 0. The van der Waals surface area contributed by atoms with Gasteiger partial charge in [-0.15, -0.1) is 12.4 Å². The molecule has 1 aliphatic heterocycles. The van der Waals surface area contributed by atoms with Crippen LogP contribution in [-0.4, -0.2) is 88.2 Å². The lowest BCUT2D eigenvalue weighted by molar-refractivity contribution is -0.131. The maximum absolute atomic E-state index is 13.0. The zero-order valence-corrected chi connectivity index (χ0v) is 23.2. The fraction of sp³-hybridized carbons (Fsp3) is 0.500. The number of hydrogen-bond acceptors (Lipinski definition) is 6. The number of carbonyl (C=O) groups excluding carboxylic acids is 2. The third kappa shape index (κ3) is 6.67. The summed E-state index contributed by atoms with van der Waals surface area (Å²) in [7, 11) is 8.70. The van der Waals surface area contributed by atoms with Crippen molar-refractivity contribution in [2.45, 2.75) is 31.6 Å². The lowest BCUT2D eigenvalue weighted by atomic mass is 9.77. The number of fused-ring (bicyclic) bond motifs is 2. The predicted octanol–water partition coefficient (Wildman–Crippen LogP) is 3.78. The van der Waals surface area contributed by atoms with E-state index in [1.54, 1.807) is 28.3 Å². The van der Waals surface area contributed by atoms with Crippen molar-refractivity contribution in [3.05, 3.63) is 52.6 Å². The van der Waals surface area contributed by atoms with Gasteiger partial charge < -0.3 is 28.9 Å². The molecule has 37 heavy (non-hydrogen) atoms. The first-order chi connectivity index (χ1) is 17.3. The predicted molar refractivity (Wildman–Crippen MR) is 145 cm³/mol. The van der Waals surface area contributed by atoms with E-state index in [1.165, 1.54) is 27.2 Å². The van der Waals surface area contributed by atoms with Gasteiger partial charge in [0.05, 0.1) is 14.2 Å². The summed E-state index contributed by atoms with van der Waals surface area (Å²) in [6.07, 6.45) is 2.76. The Hall–Kier alpha value is -2.97. The van der Waals surface area contributed by atoms with Crippen molar-refractivity contribution in [1.29, 1.82) is 0 Å². The van der Waals surface area contributed by atoms with Gasteiger partial charge >= 0.3 is 6.09 Å². The van der Waals surface area contributed by atoms with Crippen LogP contribution in [0, 0.1) is 0 Å². The molecule has 1 aliphatic carbocycles. The second-order valence-electron chi connectivity index (χ2n) is 9.89. The van der Waals surface area contributed by atoms with Crippen molar-refractivity contribution in [1.82, 2.24) is 14.7 Å². The van der Waals surface area contributed by atoms with Gasteiger partial charge in [-0.2, -0.15) is 0 Å². The average Bonchev–Trinajstić information content (AvgIpc) is 3.07. The molecular formula is C28H38ClN3O5.